The average molecular weight is 309 g/mol. The van der Waals surface area contributed by atoms with Gasteiger partial charge in [-0.05, 0) is 24.6 Å². The fourth-order valence-electron chi connectivity index (χ4n) is 1.93. The van der Waals surface area contributed by atoms with Crippen molar-refractivity contribution in [3.8, 4) is 0 Å². The van der Waals surface area contributed by atoms with Gasteiger partial charge in [0.05, 0.1) is 10.2 Å². The van der Waals surface area contributed by atoms with Crippen LogP contribution < -0.4 is 4.80 Å². The van der Waals surface area contributed by atoms with E-state index in [1.54, 1.807) is 6.08 Å². The number of unbranched alkanes of at least 4 members (excludes halogenated alkanes) is 1. The number of carbonyl (C=O) groups excluding carboxylic acids is 1. The quantitative estimate of drug-likeness (QED) is 0.764. The lowest BCUT2D eigenvalue weighted by atomic mass is 10.2. The summed E-state index contributed by atoms with van der Waals surface area (Å²) in [4.78, 5) is 16.8. The van der Waals surface area contributed by atoms with Crippen LogP contribution in [0.1, 0.15) is 26.2 Å². The number of aromatic nitrogens is 1. The molecule has 0 bridgehead atoms. The third-order valence-corrected chi connectivity index (χ3v) is 4.20. The third-order valence-electron chi connectivity index (χ3n) is 2.92. The topological polar surface area (TPSA) is 34.4 Å². The number of hydrogen-bond donors (Lipinski definition) is 0. The number of thiazole rings is 1. The normalized spacial score (nSPS) is 12.0. The van der Waals surface area contributed by atoms with Crippen LogP contribution in [0.15, 0.2) is 35.8 Å². The molecule has 0 atom stereocenters. The fraction of sp³-hybridized carbons (Fsp3) is 0.333. The zero-order chi connectivity index (χ0) is 14.5. The van der Waals surface area contributed by atoms with Crippen molar-refractivity contribution in [1.82, 2.24) is 4.57 Å². The molecule has 0 aliphatic heterocycles. The Balaban J connectivity index is 2.50. The lowest BCUT2D eigenvalue weighted by Crippen LogP contribution is -2.16. The molecule has 5 heteroatoms. The summed E-state index contributed by atoms with van der Waals surface area (Å²) in [7, 11) is 0. The SMILES string of the molecule is C=CCn1c(=NC(=O)CCCC)sc2cc(Cl)ccc21. The Kier molecular flexibility index (Phi) is 5.15. The molecule has 0 aliphatic rings. The largest absolute Gasteiger partial charge is 0.313 e. The maximum Gasteiger partial charge on any atom is 0.248 e. The molecule has 2 rings (SSSR count). The van der Waals surface area contributed by atoms with Gasteiger partial charge in [-0.2, -0.15) is 4.99 Å². The van der Waals surface area contributed by atoms with Crippen LogP contribution in [0, 0.1) is 0 Å². The summed E-state index contributed by atoms with van der Waals surface area (Å²) in [5.74, 6) is -0.0673. The van der Waals surface area contributed by atoms with Crippen LogP contribution in [0.25, 0.3) is 10.2 Å². The molecular formula is C15H17ClN2OS. The highest BCUT2D eigenvalue weighted by Crippen LogP contribution is 2.21. The second-order valence-electron chi connectivity index (χ2n) is 4.51. The first-order chi connectivity index (χ1) is 9.65. The number of allylic oxidation sites excluding steroid dienone is 1. The standard InChI is InChI=1S/C15H17ClN2OS/c1-3-5-6-14(19)17-15-18(9-4-2)12-8-7-11(16)10-13(12)20-15/h4,7-8,10H,2-3,5-6,9H2,1H3. The van der Waals surface area contributed by atoms with Crippen molar-refractivity contribution in [2.45, 2.75) is 32.7 Å². The number of halogens is 1. The van der Waals surface area contributed by atoms with E-state index in [0.717, 1.165) is 23.1 Å². The Morgan fingerprint density at radius 1 is 1.55 bits per heavy atom. The van der Waals surface area contributed by atoms with Crippen LogP contribution in [0.5, 0.6) is 0 Å². The van der Waals surface area contributed by atoms with E-state index in [1.165, 1.54) is 11.3 Å². The first kappa shape index (κ1) is 15.0. The number of amides is 1. The predicted octanol–water partition coefficient (Wildman–Crippen LogP) is 4.16. The smallest absolute Gasteiger partial charge is 0.248 e. The monoisotopic (exact) mass is 308 g/mol. The molecule has 106 valence electrons. The van der Waals surface area contributed by atoms with Crippen molar-refractivity contribution in [2.75, 3.05) is 0 Å². The number of nitrogens with zero attached hydrogens (tertiary/aromatic N) is 2. The summed E-state index contributed by atoms with van der Waals surface area (Å²) in [6.45, 7) is 6.45. The first-order valence-electron chi connectivity index (χ1n) is 6.63. The van der Waals surface area contributed by atoms with Gasteiger partial charge >= 0.3 is 0 Å². The van der Waals surface area contributed by atoms with Gasteiger partial charge in [-0.15, -0.1) is 6.58 Å². The van der Waals surface area contributed by atoms with Gasteiger partial charge in [0.2, 0.25) is 5.91 Å². The zero-order valence-corrected chi connectivity index (χ0v) is 13.0. The van der Waals surface area contributed by atoms with E-state index in [4.69, 9.17) is 11.6 Å². The molecule has 0 N–H and O–H groups in total. The van der Waals surface area contributed by atoms with Crippen molar-refractivity contribution in [3.05, 3.63) is 40.7 Å². The molecule has 0 aliphatic carbocycles. The minimum absolute atomic E-state index is 0.0673. The van der Waals surface area contributed by atoms with Crippen LogP contribution in [0.2, 0.25) is 5.02 Å². The molecule has 1 amide bonds. The Bertz CT molecular complexity index is 699. The summed E-state index contributed by atoms with van der Waals surface area (Å²) in [6, 6.07) is 5.70. The van der Waals surface area contributed by atoms with E-state index in [0.29, 0.717) is 22.8 Å². The molecule has 0 saturated heterocycles. The van der Waals surface area contributed by atoms with Crippen LogP contribution >= 0.6 is 22.9 Å². The second kappa shape index (κ2) is 6.86. The maximum absolute atomic E-state index is 11.8. The summed E-state index contributed by atoms with van der Waals surface area (Å²) in [6.07, 6.45) is 4.17. The first-order valence-corrected chi connectivity index (χ1v) is 7.82. The Hall–Kier alpha value is -1.39. The van der Waals surface area contributed by atoms with Crippen molar-refractivity contribution in [2.24, 2.45) is 4.99 Å². The summed E-state index contributed by atoms with van der Waals surface area (Å²) < 4.78 is 3.02. The Morgan fingerprint density at radius 3 is 3.05 bits per heavy atom. The molecular weight excluding hydrogens is 292 g/mol. The van der Waals surface area contributed by atoms with Gasteiger partial charge in [0, 0.05) is 18.0 Å². The molecule has 3 nitrogen and oxygen atoms in total. The lowest BCUT2D eigenvalue weighted by Gasteiger charge is -2.00. The molecule has 2 aromatic rings. The minimum atomic E-state index is -0.0673. The van der Waals surface area contributed by atoms with Crippen molar-refractivity contribution >= 4 is 39.1 Å². The summed E-state index contributed by atoms with van der Waals surface area (Å²) >= 11 is 7.49. The third kappa shape index (κ3) is 3.38. The van der Waals surface area contributed by atoms with Gasteiger partial charge in [-0.25, -0.2) is 0 Å². The molecule has 0 spiro atoms. The van der Waals surface area contributed by atoms with E-state index in [1.807, 2.05) is 22.8 Å². The molecule has 0 saturated carbocycles. The number of benzene rings is 1. The number of carbonyl (C=O) groups is 1. The Labute approximate surface area is 127 Å². The van der Waals surface area contributed by atoms with Crippen LogP contribution in [-0.4, -0.2) is 10.5 Å². The van der Waals surface area contributed by atoms with Gasteiger partial charge in [0.15, 0.2) is 4.80 Å². The highest BCUT2D eigenvalue weighted by Gasteiger charge is 2.07. The molecule has 1 aromatic carbocycles. The van der Waals surface area contributed by atoms with E-state index < -0.39 is 0 Å². The number of fused-ring (bicyclic) bond motifs is 1. The zero-order valence-electron chi connectivity index (χ0n) is 11.4. The lowest BCUT2D eigenvalue weighted by molar-refractivity contribution is -0.118. The molecule has 1 heterocycles. The predicted molar refractivity (Wildman–Crippen MR) is 85.1 cm³/mol. The minimum Gasteiger partial charge on any atom is -0.313 e. The van der Waals surface area contributed by atoms with Crippen molar-refractivity contribution in [1.29, 1.82) is 0 Å². The van der Waals surface area contributed by atoms with E-state index in [2.05, 4.69) is 18.5 Å². The van der Waals surface area contributed by atoms with Crippen LogP contribution in [0.3, 0.4) is 0 Å². The maximum atomic E-state index is 11.8. The molecule has 0 radical (unpaired) electrons. The Morgan fingerprint density at radius 2 is 2.35 bits per heavy atom. The van der Waals surface area contributed by atoms with Gasteiger partial charge in [0.1, 0.15) is 0 Å². The van der Waals surface area contributed by atoms with Gasteiger partial charge in [-0.1, -0.05) is 42.4 Å². The highest BCUT2D eigenvalue weighted by atomic mass is 35.5. The average Bonchev–Trinajstić information content (AvgIpc) is 2.74. The second-order valence-corrected chi connectivity index (χ2v) is 5.95. The number of hydrogen-bond acceptors (Lipinski definition) is 2. The van der Waals surface area contributed by atoms with Crippen LogP contribution in [0.4, 0.5) is 0 Å². The summed E-state index contributed by atoms with van der Waals surface area (Å²) in [5, 5.41) is 0.688. The van der Waals surface area contributed by atoms with Gasteiger partial charge < -0.3 is 4.57 Å². The van der Waals surface area contributed by atoms with Gasteiger partial charge in [-0.3, -0.25) is 4.79 Å². The summed E-state index contributed by atoms with van der Waals surface area (Å²) in [5.41, 5.74) is 1.03. The molecule has 0 fully saturated rings. The van der Waals surface area contributed by atoms with Crippen molar-refractivity contribution in [3.63, 3.8) is 0 Å². The molecule has 0 unspecified atom stereocenters. The fourth-order valence-corrected chi connectivity index (χ4v) is 3.26. The van der Waals surface area contributed by atoms with E-state index in [9.17, 15) is 4.79 Å². The molecule has 20 heavy (non-hydrogen) atoms. The van der Waals surface area contributed by atoms with E-state index in [-0.39, 0.29) is 5.91 Å². The van der Waals surface area contributed by atoms with Gasteiger partial charge in [0.25, 0.3) is 0 Å². The number of rotatable bonds is 5. The van der Waals surface area contributed by atoms with E-state index >= 15 is 0 Å². The highest BCUT2D eigenvalue weighted by molar-refractivity contribution is 7.16. The molecule has 1 aromatic heterocycles. The van der Waals surface area contributed by atoms with Crippen LogP contribution in [-0.2, 0) is 11.3 Å². The van der Waals surface area contributed by atoms with Crippen molar-refractivity contribution < 1.29 is 4.79 Å².